The van der Waals surface area contributed by atoms with Gasteiger partial charge in [0.25, 0.3) is 0 Å². The minimum absolute atomic E-state index is 0.108. The van der Waals surface area contributed by atoms with Gasteiger partial charge in [-0.25, -0.2) is 4.39 Å². The van der Waals surface area contributed by atoms with Gasteiger partial charge >= 0.3 is 0 Å². The molecule has 0 aliphatic rings. The molecule has 1 unspecified atom stereocenters. The summed E-state index contributed by atoms with van der Waals surface area (Å²) >= 11 is 0. The van der Waals surface area contributed by atoms with Crippen molar-refractivity contribution in [2.45, 2.75) is 25.8 Å². The summed E-state index contributed by atoms with van der Waals surface area (Å²) in [5.41, 5.74) is 6.57. The van der Waals surface area contributed by atoms with Gasteiger partial charge in [-0.05, 0) is 37.5 Å². The summed E-state index contributed by atoms with van der Waals surface area (Å²) in [6, 6.07) is 4.91. The van der Waals surface area contributed by atoms with Gasteiger partial charge in [-0.1, -0.05) is 12.1 Å². The lowest BCUT2D eigenvalue weighted by Crippen LogP contribution is -2.42. The first-order chi connectivity index (χ1) is 6.46. The third-order valence-electron chi connectivity index (χ3n) is 2.34. The molecule has 0 heterocycles. The molecular weight excluding hydrogens is 181 g/mol. The Labute approximate surface area is 83.6 Å². The normalized spacial score (nSPS) is 15.2. The van der Waals surface area contributed by atoms with Crippen molar-refractivity contribution in [1.29, 1.82) is 0 Å². The number of aliphatic hydroxyl groups is 1. The second kappa shape index (κ2) is 4.07. The average molecular weight is 197 g/mol. The molecule has 0 aliphatic carbocycles. The van der Waals surface area contributed by atoms with Crippen molar-refractivity contribution in [1.82, 2.24) is 0 Å². The number of benzene rings is 1. The van der Waals surface area contributed by atoms with Crippen LogP contribution in [0.1, 0.15) is 18.1 Å². The molecule has 0 spiro atoms. The maximum Gasteiger partial charge on any atom is 0.126 e. The van der Waals surface area contributed by atoms with E-state index in [-0.39, 0.29) is 12.4 Å². The quantitative estimate of drug-likeness (QED) is 0.769. The molecular formula is C11H16FNO. The van der Waals surface area contributed by atoms with E-state index in [1.807, 2.05) is 6.07 Å². The highest BCUT2D eigenvalue weighted by atomic mass is 19.1. The fourth-order valence-electron chi connectivity index (χ4n) is 1.33. The number of rotatable bonds is 3. The van der Waals surface area contributed by atoms with Crippen LogP contribution in [0.25, 0.3) is 0 Å². The minimum atomic E-state index is -0.682. The third-order valence-corrected chi connectivity index (χ3v) is 2.34. The molecule has 0 aliphatic heterocycles. The topological polar surface area (TPSA) is 46.2 Å². The number of halogens is 1. The van der Waals surface area contributed by atoms with E-state index in [2.05, 4.69) is 0 Å². The summed E-state index contributed by atoms with van der Waals surface area (Å²) < 4.78 is 13.2. The molecule has 1 rings (SSSR count). The molecule has 0 radical (unpaired) electrons. The Kier molecular flexibility index (Phi) is 3.24. The highest BCUT2D eigenvalue weighted by Crippen LogP contribution is 2.17. The Morgan fingerprint density at radius 2 is 2.14 bits per heavy atom. The Hall–Kier alpha value is -0.930. The monoisotopic (exact) mass is 197 g/mol. The van der Waals surface area contributed by atoms with Crippen LogP contribution in [0.15, 0.2) is 18.2 Å². The molecule has 78 valence electrons. The van der Waals surface area contributed by atoms with E-state index in [0.717, 1.165) is 5.56 Å². The minimum Gasteiger partial charge on any atom is -0.394 e. The van der Waals surface area contributed by atoms with E-state index in [1.165, 1.54) is 6.07 Å². The first kappa shape index (κ1) is 11.1. The predicted octanol–water partition coefficient (Wildman–Crippen LogP) is 1.39. The van der Waals surface area contributed by atoms with Crippen molar-refractivity contribution in [3.05, 3.63) is 35.1 Å². The maximum absolute atomic E-state index is 13.2. The zero-order valence-electron chi connectivity index (χ0n) is 8.55. The third kappa shape index (κ3) is 2.53. The Balaban J connectivity index is 2.92. The number of nitrogens with two attached hydrogens (primary N) is 1. The van der Waals surface area contributed by atoms with Gasteiger partial charge in [-0.15, -0.1) is 0 Å². The van der Waals surface area contributed by atoms with Gasteiger partial charge in [-0.3, -0.25) is 0 Å². The molecule has 0 bridgehead atoms. The highest BCUT2D eigenvalue weighted by Gasteiger charge is 2.19. The lowest BCUT2D eigenvalue weighted by atomic mass is 9.92. The van der Waals surface area contributed by atoms with Crippen LogP contribution in [0.5, 0.6) is 0 Å². The summed E-state index contributed by atoms with van der Waals surface area (Å²) in [6.07, 6.45) is 0.479. The SMILES string of the molecule is Cc1c(F)cccc1CC(C)(N)CO. The van der Waals surface area contributed by atoms with Crippen molar-refractivity contribution in [3.8, 4) is 0 Å². The van der Waals surface area contributed by atoms with E-state index < -0.39 is 5.54 Å². The molecule has 1 aromatic carbocycles. The van der Waals surface area contributed by atoms with E-state index in [9.17, 15) is 4.39 Å². The number of aliphatic hydroxyl groups excluding tert-OH is 1. The van der Waals surface area contributed by atoms with Crippen molar-refractivity contribution >= 4 is 0 Å². The first-order valence-corrected chi connectivity index (χ1v) is 4.60. The van der Waals surface area contributed by atoms with Gasteiger partial charge in [0.15, 0.2) is 0 Å². The molecule has 1 aromatic rings. The molecule has 0 fully saturated rings. The molecule has 14 heavy (non-hydrogen) atoms. The zero-order valence-corrected chi connectivity index (χ0v) is 8.55. The molecule has 2 nitrogen and oxygen atoms in total. The molecule has 3 heteroatoms. The van der Waals surface area contributed by atoms with E-state index >= 15 is 0 Å². The van der Waals surface area contributed by atoms with Gasteiger partial charge < -0.3 is 10.8 Å². The molecule has 0 saturated carbocycles. The van der Waals surface area contributed by atoms with Crippen LogP contribution in [0.3, 0.4) is 0 Å². The first-order valence-electron chi connectivity index (χ1n) is 4.60. The second-order valence-corrected chi connectivity index (χ2v) is 4.01. The molecule has 1 atom stereocenters. The standard InChI is InChI=1S/C11H16FNO/c1-8-9(4-3-5-10(8)12)6-11(2,13)7-14/h3-5,14H,6-7,13H2,1-2H3. The second-order valence-electron chi connectivity index (χ2n) is 4.01. The summed E-state index contributed by atoms with van der Waals surface area (Å²) in [5.74, 6) is -0.226. The summed E-state index contributed by atoms with van der Waals surface area (Å²) in [4.78, 5) is 0. The van der Waals surface area contributed by atoms with Crippen LogP contribution in [-0.4, -0.2) is 17.3 Å². The van der Waals surface area contributed by atoms with Gasteiger partial charge in [0.2, 0.25) is 0 Å². The van der Waals surface area contributed by atoms with Crippen LogP contribution in [0.2, 0.25) is 0 Å². The van der Waals surface area contributed by atoms with Crippen molar-refractivity contribution in [3.63, 3.8) is 0 Å². The van der Waals surface area contributed by atoms with Gasteiger partial charge in [0.1, 0.15) is 5.82 Å². The van der Waals surface area contributed by atoms with Crippen molar-refractivity contribution in [2.24, 2.45) is 5.73 Å². The van der Waals surface area contributed by atoms with Crippen LogP contribution < -0.4 is 5.73 Å². The summed E-state index contributed by atoms with van der Waals surface area (Å²) in [7, 11) is 0. The van der Waals surface area contributed by atoms with Crippen LogP contribution >= 0.6 is 0 Å². The lowest BCUT2D eigenvalue weighted by Gasteiger charge is -2.22. The predicted molar refractivity (Wildman–Crippen MR) is 54.5 cm³/mol. The van der Waals surface area contributed by atoms with Crippen LogP contribution in [0, 0.1) is 12.7 Å². The van der Waals surface area contributed by atoms with Crippen LogP contribution in [-0.2, 0) is 6.42 Å². The largest absolute Gasteiger partial charge is 0.394 e. The smallest absolute Gasteiger partial charge is 0.126 e. The summed E-state index contributed by atoms with van der Waals surface area (Å²) in [5, 5.41) is 9.00. The van der Waals surface area contributed by atoms with Gasteiger partial charge in [0.05, 0.1) is 6.61 Å². The number of hydrogen-bond donors (Lipinski definition) is 2. The van der Waals surface area contributed by atoms with E-state index in [0.29, 0.717) is 12.0 Å². The Bertz CT molecular complexity index is 323. The van der Waals surface area contributed by atoms with Gasteiger partial charge in [0, 0.05) is 5.54 Å². The highest BCUT2D eigenvalue weighted by molar-refractivity contribution is 5.28. The average Bonchev–Trinajstić information content (AvgIpc) is 2.13. The fourth-order valence-corrected chi connectivity index (χ4v) is 1.33. The maximum atomic E-state index is 13.2. The Morgan fingerprint density at radius 1 is 1.50 bits per heavy atom. The Morgan fingerprint density at radius 3 is 2.71 bits per heavy atom. The van der Waals surface area contributed by atoms with Crippen molar-refractivity contribution < 1.29 is 9.50 Å². The zero-order chi connectivity index (χ0) is 10.8. The van der Waals surface area contributed by atoms with E-state index in [4.69, 9.17) is 10.8 Å². The van der Waals surface area contributed by atoms with E-state index in [1.54, 1.807) is 19.9 Å². The molecule has 0 aromatic heterocycles. The van der Waals surface area contributed by atoms with Crippen LogP contribution in [0.4, 0.5) is 4.39 Å². The summed E-state index contributed by atoms with van der Waals surface area (Å²) in [6.45, 7) is 3.36. The fraction of sp³-hybridized carbons (Fsp3) is 0.455. The van der Waals surface area contributed by atoms with Crippen molar-refractivity contribution in [2.75, 3.05) is 6.61 Å². The number of hydrogen-bond acceptors (Lipinski definition) is 2. The molecule has 0 saturated heterocycles. The molecule has 0 amide bonds. The lowest BCUT2D eigenvalue weighted by molar-refractivity contribution is 0.208. The van der Waals surface area contributed by atoms with Gasteiger partial charge in [-0.2, -0.15) is 0 Å². The molecule has 3 N–H and O–H groups in total.